The van der Waals surface area contributed by atoms with E-state index in [0.29, 0.717) is 11.7 Å². The third-order valence-electron chi connectivity index (χ3n) is 3.12. The van der Waals surface area contributed by atoms with Crippen molar-refractivity contribution in [1.82, 2.24) is 19.4 Å². The fraction of sp³-hybridized carbons (Fsp3) is 0.538. The number of nitrogen functional groups attached to an aromatic ring is 1. The van der Waals surface area contributed by atoms with E-state index in [1.165, 1.54) is 11.9 Å². The molecule has 18 heavy (non-hydrogen) atoms. The molecule has 0 amide bonds. The van der Waals surface area contributed by atoms with Gasteiger partial charge in [0.25, 0.3) is 0 Å². The molecule has 2 aromatic rings. The van der Waals surface area contributed by atoms with Crippen LogP contribution in [0.25, 0.3) is 11.0 Å². The molecule has 2 rings (SSSR count). The Labute approximate surface area is 108 Å². The monoisotopic (exact) mass is 247 g/mol. The Kier molecular flexibility index (Phi) is 3.52. The van der Waals surface area contributed by atoms with Crippen LogP contribution in [0.3, 0.4) is 0 Å². The van der Waals surface area contributed by atoms with Crippen LogP contribution in [-0.2, 0) is 6.54 Å². The molecule has 5 nitrogen and oxygen atoms in total. The second-order valence-corrected chi connectivity index (χ2v) is 5.19. The highest BCUT2D eigenvalue weighted by Crippen LogP contribution is 2.29. The summed E-state index contributed by atoms with van der Waals surface area (Å²) in [5.41, 5.74) is 8.15. The number of anilines is 1. The molecular formula is C13H21N5. The Morgan fingerprint density at radius 2 is 2.06 bits per heavy atom. The summed E-state index contributed by atoms with van der Waals surface area (Å²) < 4.78 is 2.17. The van der Waals surface area contributed by atoms with Gasteiger partial charge in [-0.15, -0.1) is 0 Å². The molecule has 0 saturated carbocycles. The van der Waals surface area contributed by atoms with Crippen LogP contribution in [0.2, 0.25) is 0 Å². The first-order chi connectivity index (χ1) is 8.50. The van der Waals surface area contributed by atoms with Crippen LogP contribution in [-0.4, -0.2) is 40.1 Å². The fourth-order valence-corrected chi connectivity index (χ4v) is 2.09. The predicted octanol–water partition coefficient (Wildman–Crippen LogP) is 1.70. The zero-order valence-corrected chi connectivity index (χ0v) is 11.5. The molecular weight excluding hydrogens is 226 g/mol. The molecule has 0 bridgehead atoms. The van der Waals surface area contributed by atoms with Gasteiger partial charge >= 0.3 is 0 Å². The van der Waals surface area contributed by atoms with Crippen LogP contribution in [0.1, 0.15) is 25.3 Å². The highest BCUT2D eigenvalue weighted by atomic mass is 15.1. The van der Waals surface area contributed by atoms with Gasteiger partial charge in [0, 0.05) is 19.3 Å². The molecule has 5 heteroatoms. The van der Waals surface area contributed by atoms with E-state index in [2.05, 4.69) is 53.6 Å². The lowest BCUT2D eigenvalue weighted by Crippen LogP contribution is -2.18. The summed E-state index contributed by atoms with van der Waals surface area (Å²) >= 11 is 0. The summed E-state index contributed by atoms with van der Waals surface area (Å²) in [6.45, 7) is 6.22. The Bertz CT molecular complexity index is 542. The van der Waals surface area contributed by atoms with Gasteiger partial charge in [-0.25, -0.2) is 9.97 Å². The molecule has 0 aliphatic heterocycles. The largest absolute Gasteiger partial charge is 0.383 e. The zero-order valence-electron chi connectivity index (χ0n) is 11.5. The minimum Gasteiger partial charge on any atom is -0.383 e. The second-order valence-electron chi connectivity index (χ2n) is 5.19. The van der Waals surface area contributed by atoms with E-state index in [1.807, 2.05) is 0 Å². The first kappa shape index (κ1) is 12.8. The molecule has 0 saturated heterocycles. The lowest BCUT2D eigenvalue weighted by molar-refractivity contribution is 0.386. The molecule has 0 radical (unpaired) electrons. The van der Waals surface area contributed by atoms with Crippen molar-refractivity contribution in [2.75, 3.05) is 26.4 Å². The molecule has 0 aromatic carbocycles. The van der Waals surface area contributed by atoms with Gasteiger partial charge in [0.2, 0.25) is 0 Å². The second kappa shape index (κ2) is 4.94. The zero-order chi connectivity index (χ0) is 13.3. The highest BCUT2D eigenvalue weighted by molar-refractivity contribution is 5.90. The van der Waals surface area contributed by atoms with Crippen molar-refractivity contribution >= 4 is 16.9 Å². The minimum absolute atomic E-state index is 0.418. The number of fused-ring (bicyclic) bond motifs is 1. The number of rotatable bonds is 4. The van der Waals surface area contributed by atoms with Gasteiger partial charge in [0.15, 0.2) is 0 Å². The molecule has 2 aromatic heterocycles. The summed E-state index contributed by atoms with van der Waals surface area (Å²) in [4.78, 5) is 10.6. The van der Waals surface area contributed by atoms with Crippen LogP contribution in [0.5, 0.6) is 0 Å². The van der Waals surface area contributed by atoms with E-state index in [1.54, 1.807) is 0 Å². The van der Waals surface area contributed by atoms with E-state index in [0.717, 1.165) is 24.1 Å². The number of nitrogens with two attached hydrogens (primary N) is 1. The van der Waals surface area contributed by atoms with E-state index in [4.69, 9.17) is 5.73 Å². The number of hydrogen-bond acceptors (Lipinski definition) is 4. The highest BCUT2D eigenvalue weighted by Gasteiger charge is 2.15. The van der Waals surface area contributed by atoms with Crippen molar-refractivity contribution in [3.8, 4) is 0 Å². The standard InChI is InChI=1S/C13H21N5/c1-9(2)10-7-18(6-5-17(3)4)13-11(10)12(14)15-8-16-13/h7-9H,5-6H2,1-4H3,(H2,14,15,16). The summed E-state index contributed by atoms with van der Waals surface area (Å²) in [6.07, 6.45) is 3.69. The Morgan fingerprint density at radius 3 is 2.67 bits per heavy atom. The van der Waals surface area contributed by atoms with Gasteiger partial charge in [-0.05, 0) is 25.6 Å². The maximum atomic E-state index is 5.99. The lowest BCUT2D eigenvalue weighted by Gasteiger charge is -2.10. The van der Waals surface area contributed by atoms with Crippen LogP contribution >= 0.6 is 0 Å². The average molecular weight is 247 g/mol. The van der Waals surface area contributed by atoms with Gasteiger partial charge in [-0.3, -0.25) is 0 Å². The van der Waals surface area contributed by atoms with Gasteiger partial charge in [-0.1, -0.05) is 13.8 Å². The van der Waals surface area contributed by atoms with Crippen LogP contribution < -0.4 is 5.73 Å². The Morgan fingerprint density at radius 1 is 1.33 bits per heavy atom. The van der Waals surface area contributed by atoms with Crippen molar-refractivity contribution in [3.05, 3.63) is 18.1 Å². The van der Waals surface area contributed by atoms with Crippen LogP contribution in [0.15, 0.2) is 12.5 Å². The van der Waals surface area contributed by atoms with Crippen LogP contribution in [0, 0.1) is 0 Å². The number of nitrogens with zero attached hydrogens (tertiary/aromatic N) is 4. The summed E-state index contributed by atoms with van der Waals surface area (Å²) in [7, 11) is 4.14. The molecule has 0 atom stereocenters. The van der Waals surface area contributed by atoms with Crippen molar-refractivity contribution in [3.63, 3.8) is 0 Å². The fourth-order valence-electron chi connectivity index (χ4n) is 2.09. The average Bonchev–Trinajstić information content (AvgIpc) is 2.67. The number of likely N-dealkylation sites (N-methyl/N-ethyl adjacent to an activating group) is 1. The molecule has 0 aliphatic carbocycles. The maximum Gasteiger partial charge on any atom is 0.145 e. The normalized spacial score (nSPS) is 11.9. The van der Waals surface area contributed by atoms with E-state index in [-0.39, 0.29) is 0 Å². The van der Waals surface area contributed by atoms with E-state index >= 15 is 0 Å². The third kappa shape index (κ3) is 2.31. The SMILES string of the molecule is CC(C)c1cn(CCN(C)C)c2ncnc(N)c12. The molecule has 0 aliphatic rings. The molecule has 2 N–H and O–H groups in total. The van der Waals surface area contributed by atoms with Gasteiger partial charge < -0.3 is 15.2 Å². The topological polar surface area (TPSA) is 60.0 Å². The Balaban J connectivity index is 2.51. The minimum atomic E-state index is 0.418. The van der Waals surface area contributed by atoms with Crippen molar-refractivity contribution in [1.29, 1.82) is 0 Å². The number of hydrogen-bond donors (Lipinski definition) is 1. The van der Waals surface area contributed by atoms with Crippen molar-refractivity contribution in [2.45, 2.75) is 26.3 Å². The first-order valence-electron chi connectivity index (χ1n) is 6.24. The Hall–Kier alpha value is -1.62. The van der Waals surface area contributed by atoms with E-state index < -0.39 is 0 Å². The van der Waals surface area contributed by atoms with Gasteiger partial charge in [0.05, 0.1) is 5.39 Å². The third-order valence-corrected chi connectivity index (χ3v) is 3.12. The maximum absolute atomic E-state index is 5.99. The molecule has 0 spiro atoms. The first-order valence-corrected chi connectivity index (χ1v) is 6.24. The van der Waals surface area contributed by atoms with Crippen molar-refractivity contribution in [2.24, 2.45) is 0 Å². The summed E-state index contributed by atoms with van der Waals surface area (Å²) in [5.74, 6) is 0.994. The molecule has 0 unspecified atom stereocenters. The van der Waals surface area contributed by atoms with Gasteiger partial charge in [0.1, 0.15) is 17.8 Å². The predicted molar refractivity (Wildman–Crippen MR) is 74.6 cm³/mol. The van der Waals surface area contributed by atoms with Crippen LogP contribution in [0.4, 0.5) is 5.82 Å². The quantitative estimate of drug-likeness (QED) is 0.893. The molecule has 2 heterocycles. The molecule has 0 fully saturated rings. The van der Waals surface area contributed by atoms with Gasteiger partial charge in [-0.2, -0.15) is 0 Å². The molecule has 98 valence electrons. The van der Waals surface area contributed by atoms with Crippen molar-refractivity contribution < 1.29 is 0 Å². The summed E-state index contributed by atoms with van der Waals surface area (Å²) in [6, 6.07) is 0. The number of aromatic nitrogens is 3. The lowest BCUT2D eigenvalue weighted by atomic mass is 10.0. The van der Waals surface area contributed by atoms with E-state index in [9.17, 15) is 0 Å². The smallest absolute Gasteiger partial charge is 0.145 e. The summed E-state index contributed by atoms with van der Waals surface area (Å²) in [5, 5.41) is 1.01.